The molecule has 1 amide bonds. The first-order valence-corrected chi connectivity index (χ1v) is 9.87. The maximum atomic E-state index is 14.3. The van der Waals surface area contributed by atoms with Gasteiger partial charge in [-0.15, -0.1) is 0 Å². The fourth-order valence-corrected chi connectivity index (χ4v) is 3.80. The predicted octanol–water partition coefficient (Wildman–Crippen LogP) is 5.97. The zero-order valence-electron chi connectivity index (χ0n) is 16.2. The molecule has 1 atom stereocenters. The van der Waals surface area contributed by atoms with Gasteiger partial charge in [-0.1, -0.05) is 41.4 Å². The van der Waals surface area contributed by atoms with Crippen molar-refractivity contribution in [1.29, 1.82) is 5.26 Å². The molecule has 0 aromatic heterocycles. The third kappa shape index (κ3) is 3.87. The number of para-hydroxylation sites is 1. The number of benzene rings is 3. The monoisotopic (exact) mass is 420 g/mol. The second kappa shape index (κ2) is 8.17. The molecule has 0 N–H and O–H groups in total. The van der Waals surface area contributed by atoms with Gasteiger partial charge in [-0.25, -0.2) is 4.39 Å². The first kappa shape index (κ1) is 19.9. The number of nitrogens with zero attached hydrogens (tertiary/aromatic N) is 2. The molecule has 30 heavy (non-hydrogen) atoms. The molecule has 1 aliphatic rings. The van der Waals surface area contributed by atoms with Crippen molar-refractivity contribution < 1.29 is 13.9 Å². The van der Waals surface area contributed by atoms with Gasteiger partial charge < -0.3 is 9.64 Å². The number of hydrogen-bond donors (Lipinski definition) is 0. The Labute approximate surface area is 179 Å². The van der Waals surface area contributed by atoms with Crippen LogP contribution in [0.15, 0.2) is 60.7 Å². The summed E-state index contributed by atoms with van der Waals surface area (Å²) in [5.74, 6) is -0.587. The number of carbonyl (C=O) groups excluding carboxylic acids is 1. The van der Waals surface area contributed by atoms with Gasteiger partial charge in [-0.05, 0) is 43.3 Å². The van der Waals surface area contributed by atoms with E-state index in [9.17, 15) is 14.4 Å². The van der Waals surface area contributed by atoms with E-state index in [1.807, 2.05) is 37.3 Å². The van der Waals surface area contributed by atoms with Gasteiger partial charge in [0.05, 0.1) is 5.56 Å². The van der Waals surface area contributed by atoms with Crippen molar-refractivity contribution in [3.8, 4) is 17.6 Å². The summed E-state index contributed by atoms with van der Waals surface area (Å²) in [6, 6.07) is 19.0. The molecule has 150 valence electrons. The second-order valence-electron chi connectivity index (χ2n) is 7.25. The molecular weight excluding hydrogens is 403 g/mol. The number of rotatable bonds is 4. The Balaban J connectivity index is 1.67. The zero-order valence-corrected chi connectivity index (χ0v) is 17.0. The van der Waals surface area contributed by atoms with Crippen LogP contribution >= 0.6 is 11.6 Å². The summed E-state index contributed by atoms with van der Waals surface area (Å²) in [6.07, 6.45) is 0.300. The summed E-state index contributed by atoms with van der Waals surface area (Å²) in [5.41, 5.74) is 2.79. The van der Waals surface area contributed by atoms with E-state index in [0.717, 1.165) is 16.8 Å². The van der Waals surface area contributed by atoms with Crippen LogP contribution in [0, 0.1) is 24.1 Å². The number of halogens is 2. The molecule has 3 aromatic carbocycles. The van der Waals surface area contributed by atoms with Crippen molar-refractivity contribution in [3.63, 3.8) is 0 Å². The highest BCUT2D eigenvalue weighted by Crippen LogP contribution is 2.40. The number of aryl methyl sites for hydroxylation is 1. The standard InChI is InChI=1S/C24H18ClFN2O2/c1-15-5-8-19(9-6-15)28-14-17(11-23(28)29)20-10-7-18(25)12-22(20)30-24-16(13-27)3-2-4-21(24)26/h2-10,12,17H,11,14H2,1H3. The number of carbonyl (C=O) groups is 1. The predicted molar refractivity (Wildman–Crippen MR) is 114 cm³/mol. The van der Waals surface area contributed by atoms with Crippen molar-refractivity contribution in [1.82, 2.24) is 0 Å². The Morgan fingerprint density at radius 2 is 1.93 bits per heavy atom. The van der Waals surface area contributed by atoms with Gasteiger partial charge >= 0.3 is 0 Å². The largest absolute Gasteiger partial charge is 0.453 e. The fourth-order valence-electron chi connectivity index (χ4n) is 3.63. The Bertz CT molecular complexity index is 1150. The van der Waals surface area contributed by atoms with Crippen molar-refractivity contribution in [2.45, 2.75) is 19.3 Å². The lowest BCUT2D eigenvalue weighted by molar-refractivity contribution is -0.117. The third-order valence-electron chi connectivity index (χ3n) is 5.19. The SMILES string of the molecule is Cc1ccc(N2CC(c3ccc(Cl)cc3Oc3c(F)cccc3C#N)CC2=O)cc1. The lowest BCUT2D eigenvalue weighted by Crippen LogP contribution is -2.24. The molecular formula is C24H18ClFN2O2. The summed E-state index contributed by atoms with van der Waals surface area (Å²) in [5, 5.41) is 9.72. The minimum Gasteiger partial charge on any atom is -0.453 e. The normalized spacial score (nSPS) is 15.9. The van der Waals surface area contributed by atoms with E-state index in [4.69, 9.17) is 16.3 Å². The molecule has 1 aliphatic heterocycles. The van der Waals surface area contributed by atoms with Gasteiger partial charge in [0, 0.05) is 35.2 Å². The summed E-state index contributed by atoms with van der Waals surface area (Å²) in [7, 11) is 0. The van der Waals surface area contributed by atoms with E-state index in [1.165, 1.54) is 18.2 Å². The zero-order chi connectivity index (χ0) is 21.3. The molecule has 0 spiro atoms. The number of ether oxygens (including phenoxy) is 1. The molecule has 1 unspecified atom stereocenters. The van der Waals surface area contributed by atoms with Crippen LogP contribution in [-0.4, -0.2) is 12.5 Å². The molecule has 3 aromatic rings. The highest BCUT2D eigenvalue weighted by Gasteiger charge is 2.33. The first-order chi connectivity index (χ1) is 14.5. The van der Waals surface area contributed by atoms with Crippen LogP contribution in [0.5, 0.6) is 11.5 Å². The minimum atomic E-state index is -0.635. The minimum absolute atomic E-state index is 0.00774. The lowest BCUT2D eigenvalue weighted by Gasteiger charge is -2.19. The van der Waals surface area contributed by atoms with Crippen LogP contribution in [-0.2, 0) is 4.79 Å². The Hall–Kier alpha value is -3.36. The maximum Gasteiger partial charge on any atom is 0.227 e. The summed E-state index contributed by atoms with van der Waals surface area (Å²) >= 11 is 6.16. The van der Waals surface area contributed by atoms with E-state index in [1.54, 1.807) is 23.1 Å². The number of hydrogen-bond acceptors (Lipinski definition) is 3. The van der Waals surface area contributed by atoms with Crippen LogP contribution in [0.1, 0.15) is 29.0 Å². The Morgan fingerprint density at radius 3 is 2.67 bits per heavy atom. The van der Waals surface area contributed by atoms with Crippen molar-refractivity contribution in [2.75, 3.05) is 11.4 Å². The lowest BCUT2D eigenvalue weighted by atomic mass is 9.97. The van der Waals surface area contributed by atoms with Crippen molar-refractivity contribution in [3.05, 3.63) is 88.2 Å². The average molecular weight is 421 g/mol. The van der Waals surface area contributed by atoms with Gasteiger partial charge in [0.1, 0.15) is 11.8 Å². The number of nitriles is 1. The van der Waals surface area contributed by atoms with Crippen molar-refractivity contribution in [2.24, 2.45) is 0 Å². The highest BCUT2D eigenvalue weighted by molar-refractivity contribution is 6.30. The van der Waals surface area contributed by atoms with Gasteiger partial charge in [-0.3, -0.25) is 4.79 Å². The molecule has 1 saturated heterocycles. The van der Waals surface area contributed by atoms with Gasteiger partial charge in [0.2, 0.25) is 5.91 Å². The quantitative estimate of drug-likeness (QED) is 0.522. The average Bonchev–Trinajstić information content (AvgIpc) is 3.11. The van der Waals surface area contributed by atoms with E-state index in [0.29, 0.717) is 23.7 Å². The van der Waals surface area contributed by atoms with Crippen LogP contribution in [0.2, 0.25) is 5.02 Å². The van der Waals surface area contributed by atoms with Gasteiger partial charge in [0.25, 0.3) is 0 Å². The summed E-state index contributed by atoms with van der Waals surface area (Å²) in [4.78, 5) is 14.4. The van der Waals surface area contributed by atoms with Crippen molar-refractivity contribution >= 4 is 23.2 Å². The molecule has 4 nitrogen and oxygen atoms in total. The summed E-state index contributed by atoms with van der Waals surface area (Å²) < 4.78 is 20.2. The second-order valence-corrected chi connectivity index (χ2v) is 7.69. The molecule has 0 radical (unpaired) electrons. The number of anilines is 1. The molecule has 0 saturated carbocycles. The smallest absolute Gasteiger partial charge is 0.227 e. The number of amides is 1. The molecule has 0 bridgehead atoms. The molecule has 1 heterocycles. The topological polar surface area (TPSA) is 53.3 Å². The molecule has 6 heteroatoms. The van der Waals surface area contributed by atoms with E-state index < -0.39 is 5.82 Å². The molecule has 0 aliphatic carbocycles. The summed E-state index contributed by atoms with van der Waals surface area (Å²) in [6.45, 7) is 2.47. The highest BCUT2D eigenvalue weighted by atomic mass is 35.5. The maximum absolute atomic E-state index is 14.3. The third-order valence-corrected chi connectivity index (χ3v) is 5.42. The molecule has 1 fully saturated rings. The van der Waals surface area contributed by atoms with E-state index >= 15 is 0 Å². The Morgan fingerprint density at radius 1 is 1.17 bits per heavy atom. The first-order valence-electron chi connectivity index (χ1n) is 9.49. The van der Waals surface area contributed by atoms with Crippen LogP contribution in [0.3, 0.4) is 0 Å². The van der Waals surface area contributed by atoms with E-state index in [-0.39, 0.29) is 23.1 Å². The van der Waals surface area contributed by atoms with Crippen LogP contribution in [0.25, 0.3) is 0 Å². The van der Waals surface area contributed by atoms with Crippen LogP contribution in [0.4, 0.5) is 10.1 Å². The van der Waals surface area contributed by atoms with Gasteiger partial charge in [0.15, 0.2) is 11.6 Å². The fraction of sp³-hybridized carbons (Fsp3) is 0.167. The Kier molecular flexibility index (Phi) is 5.43. The van der Waals surface area contributed by atoms with E-state index in [2.05, 4.69) is 0 Å². The van der Waals surface area contributed by atoms with Crippen LogP contribution < -0.4 is 9.64 Å². The van der Waals surface area contributed by atoms with Gasteiger partial charge in [-0.2, -0.15) is 5.26 Å². The molecule has 4 rings (SSSR count).